The van der Waals surface area contributed by atoms with Gasteiger partial charge in [0.25, 0.3) is 0 Å². The molecule has 1 aromatic heterocycles. The lowest BCUT2D eigenvalue weighted by atomic mass is 10.1. The zero-order valence-corrected chi connectivity index (χ0v) is 10.5. The molecule has 1 N–H and O–H groups in total. The van der Waals surface area contributed by atoms with Gasteiger partial charge >= 0.3 is 12.1 Å². The second-order valence-electron chi connectivity index (χ2n) is 4.31. The molecule has 0 spiro atoms. The van der Waals surface area contributed by atoms with Crippen LogP contribution in [-0.2, 0) is 0 Å². The van der Waals surface area contributed by atoms with Crippen molar-refractivity contribution in [3.63, 3.8) is 0 Å². The summed E-state index contributed by atoms with van der Waals surface area (Å²) in [5, 5.41) is 9.50. The monoisotopic (exact) mass is 284 g/mol. The lowest BCUT2D eigenvalue weighted by Gasteiger charge is -2.23. The lowest BCUT2D eigenvalue weighted by molar-refractivity contribution is -0.119. The number of carbonyl (C=O) groups is 1. The van der Waals surface area contributed by atoms with Gasteiger partial charge in [-0.1, -0.05) is 18.2 Å². The predicted octanol–water partition coefficient (Wildman–Crippen LogP) is 2.93. The van der Waals surface area contributed by atoms with Crippen molar-refractivity contribution in [2.75, 3.05) is 18.5 Å². The van der Waals surface area contributed by atoms with Crippen molar-refractivity contribution in [3.8, 4) is 0 Å². The van der Waals surface area contributed by atoms with E-state index in [4.69, 9.17) is 5.11 Å². The first kappa shape index (κ1) is 14.1. The van der Waals surface area contributed by atoms with Crippen molar-refractivity contribution in [3.05, 3.63) is 36.0 Å². The molecule has 0 atom stereocenters. The largest absolute Gasteiger partial charge is 0.478 e. The van der Waals surface area contributed by atoms with Crippen LogP contribution in [0.4, 0.5) is 18.9 Å². The fourth-order valence-electron chi connectivity index (χ4n) is 2.04. The Hall–Kier alpha value is -2.31. The minimum Gasteiger partial charge on any atom is -0.478 e. The van der Waals surface area contributed by atoms with Gasteiger partial charge in [-0.3, -0.25) is 4.98 Å². The molecule has 0 bridgehead atoms. The molecule has 0 fully saturated rings. The first-order valence-electron chi connectivity index (χ1n) is 5.68. The first-order chi connectivity index (χ1) is 9.29. The summed E-state index contributed by atoms with van der Waals surface area (Å²) in [7, 11) is 1.21. The van der Waals surface area contributed by atoms with Crippen LogP contribution >= 0.6 is 0 Å². The van der Waals surface area contributed by atoms with Crippen LogP contribution in [-0.4, -0.2) is 35.8 Å². The van der Waals surface area contributed by atoms with Crippen LogP contribution in [0.15, 0.2) is 30.5 Å². The van der Waals surface area contributed by atoms with Gasteiger partial charge in [-0.15, -0.1) is 0 Å². The van der Waals surface area contributed by atoms with Crippen LogP contribution in [0.25, 0.3) is 10.9 Å². The minimum absolute atomic E-state index is 0.0143. The first-order valence-corrected chi connectivity index (χ1v) is 5.68. The summed E-state index contributed by atoms with van der Waals surface area (Å²) < 4.78 is 37.6. The summed E-state index contributed by atoms with van der Waals surface area (Å²) in [4.78, 5) is 16.0. The quantitative estimate of drug-likeness (QED) is 0.941. The number of fused-ring (bicyclic) bond motifs is 1. The Morgan fingerprint density at radius 2 is 2.00 bits per heavy atom. The van der Waals surface area contributed by atoms with Crippen molar-refractivity contribution in [1.82, 2.24) is 4.98 Å². The van der Waals surface area contributed by atoms with E-state index in [1.165, 1.54) is 7.05 Å². The van der Waals surface area contributed by atoms with E-state index >= 15 is 0 Å². The van der Waals surface area contributed by atoms with Crippen LogP contribution < -0.4 is 4.90 Å². The highest BCUT2D eigenvalue weighted by Crippen LogP contribution is 2.30. The number of rotatable bonds is 3. The van der Waals surface area contributed by atoms with Crippen LogP contribution in [0, 0.1) is 0 Å². The van der Waals surface area contributed by atoms with Gasteiger partial charge in [0, 0.05) is 18.6 Å². The van der Waals surface area contributed by atoms with Gasteiger partial charge in [-0.05, 0) is 6.07 Å². The molecule has 0 radical (unpaired) electrons. The molecule has 2 rings (SSSR count). The number of anilines is 1. The van der Waals surface area contributed by atoms with E-state index in [1.54, 1.807) is 24.3 Å². The van der Waals surface area contributed by atoms with Gasteiger partial charge in [0.2, 0.25) is 0 Å². The van der Waals surface area contributed by atoms with E-state index in [2.05, 4.69) is 4.98 Å². The Kier molecular flexibility index (Phi) is 3.52. The highest BCUT2D eigenvalue weighted by atomic mass is 19.4. The fourth-order valence-corrected chi connectivity index (χ4v) is 2.04. The maximum atomic E-state index is 12.5. The third-order valence-corrected chi connectivity index (χ3v) is 2.78. The maximum Gasteiger partial charge on any atom is 0.405 e. The molecule has 1 heterocycles. The number of pyridine rings is 1. The van der Waals surface area contributed by atoms with Crippen molar-refractivity contribution in [1.29, 1.82) is 0 Å². The van der Waals surface area contributed by atoms with Crippen molar-refractivity contribution < 1.29 is 23.1 Å². The number of carboxylic acid groups (broad SMARTS) is 1. The molecular formula is C13H11F3N2O2. The highest BCUT2D eigenvalue weighted by Gasteiger charge is 2.31. The molecule has 0 amide bonds. The minimum atomic E-state index is -4.42. The molecule has 0 aliphatic rings. The van der Waals surface area contributed by atoms with Crippen LogP contribution in [0.1, 0.15) is 10.4 Å². The molecule has 0 aliphatic carbocycles. The van der Waals surface area contributed by atoms with E-state index in [-0.39, 0.29) is 11.3 Å². The predicted molar refractivity (Wildman–Crippen MR) is 68.0 cm³/mol. The smallest absolute Gasteiger partial charge is 0.405 e. The third-order valence-electron chi connectivity index (χ3n) is 2.78. The molecule has 7 heteroatoms. The molecule has 0 unspecified atom stereocenters. The molecule has 0 aliphatic heterocycles. The Bertz CT molecular complexity index is 656. The number of para-hydroxylation sites is 1. The van der Waals surface area contributed by atoms with Gasteiger partial charge < -0.3 is 10.0 Å². The summed E-state index contributed by atoms with van der Waals surface area (Å²) in [6, 6.07) is 6.48. The molecule has 0 saturated carbocycles. The molecule has 1 aromatic carbocycles. The van der Waals surface area contributed by atoms with Crippen molar-refractivity contribution in [2.45, 2.75) is 6.18 Å². The zero-order valence-electron chi connectivity index (χ0n) is 10.5. The van der Waals surface area contributed by atoms with Crippen molar-refractivity contribution in [2.24, 2.45) is 0 Å². The number of halogens is 3. The topological polar surface area (TPSA) is 53.4 Å². The lowest BCUT2D eigenvalue weighted by Crippen LogP contribution is -2.32. The molecule has 4 nitrogen and oxygen atoms in total. The van der Waals surface area contributed by atoms with E-state index in [0.29, 0.717) is 10.9 Å². The average Bonchev–Trinajstić information content (AvgIpc) is 2.35. The Labute approximate surface area is 112 Å². The van der Waals surface area contributed by atoms with E-state index in [1.807, 2.05) is 0 Å². The number of hydrogen-bond donors (Lipinski definition) is 1. The van der Waals surface area contributed by atoms with Crippen molar-refractivity contribution >= 4 is 22.6 Å². The number of aromatic carboxylic acids is 1. The number of benzene rings is 1. The van der Waals surface area contributed by atoms with Gasteiger partial charge in [0.05, 0.1) is 11.2 Å². The summed E-state index contributed by atoms with van der Waals surface area (Å²) >= 11 is 0. The molecular weight excluding hydrogens is 273 g/mol. The Balaban J connectivity index is 2.63. The Morgan fingerprint density at radius 3 is 2.60 bits per heavy atom. The second kappa shape index (κ2) is 4.99. The van der Waals surface area contributed by atoms with E-state index in [0.717, 1.165) is 11.1 Å². The molecule has 2 aromatic rings. The zero-order chi connectivity index (χ0) is 14.9. The fraction of sp³-hybridized carbons (Fsp3) is 0.231. The average molecular weight is 284 g/mol. The summed E-state index contributed by atoms with van der Waals surface area (Å²) in [6.45, 7) is -1.23. The normalized spacial score (nSPS) is 11.6. The SMILES string of the molecule is CN(CC(F)(F)F)c1c(C(=O)O)cnc2ccccc12. The van der Waals surface area contributed by atoms with Gasteiger partial charge in [-0.2, -0.15) is 13.2 Å². The second-order valence-corrected chi connectivity index (χ2v) is 4.31. The van der Waals surface area contributed by atoms with Gasteiger partial charge in [0.1, 0.15) is 12.1 Å². The number of alkyl halides is 3. The number of carboxylic acids is 1. The van der Waals surface area contributed by atoms with Crippen LogP contribution in [0.2, 0.25) is 0 Å². The molecule has 0 saturated heterocycles. The Morgan fingerprint density at radius 1 is 1.35 bits per heavy atom. The van der Waals surface area contributed by atoms with Crippen LogP contribution in [0.5, 0.6) is 0 Å². The number of hydrogen-bond acceptors (Lipinski definition) is 3. The number of aromatic nitrogens is 1. The summed E-state index contributed by atoms with van der Waals surface area (Å²) in [5.41, 5.74) is 0.206. The van der Waals surface area contributed by atoms with Gasteiger partial charge in [-0.25, -0.2) is 4.79 Å². The number of nitrogens with zero attached hydrogens (tertiary/aromatic N) is 2. The maximum absolute atomic E-state index is 12.5. The van der Waals surface area contributed by atoms with E-state index in [9.17, 15) is 18.0 Å². The standard InChI is InChI=1S/C13H11F3N2O2/c1-18(7-13(14,15)16)11-8-4-2-3-5-10(8)17-6-9(11)12(19)20/h2-6H,7H2,1H3,(H,19,20). The van der Waals surface area contributed by atoms with E-state index < -0.39 is 18.7 Å². The van der Waals surface area contributed by atoms with Gasteiger partial charge in [0.15, 0.2) is 0 Å². The highest BCUT2D eigenvalue weighted by molar-refractivity contribution is 6.04. The summed E-state index contributed by atoms with van der Waals surface area (Å²) in [6.07, 6.45) is -3.35. The molecule has 106 valence electrons. The summed E-state index contributed by atoms with van der Waals surface area (Å²) in [5.74, 6) is -1.31. The van der Waals surface area contributed by atoms with Crippen LogP contribution in [0.3, 0.4) is 0 Å². The third kappa shape index (κ3) is 2.81. The molecule has 20 heavy (non-hydrogen) atoms.